The molecule has 0 bridgehead atoms. The monoisotopic (exact) mass is 401 g/mol. The van der Waals surface area contributed by atoms with Crippen molar-refractivity contribution in [2.75, 3.05) is 23.9 Å². The smallest absolute Gasteiger partial charge is 0.320 e. The Morgan fingerprint density at radius 2 is 1.63 bits per heavy atom. The topological polar surface area (TPSA) is 70.7 Å². The SMILES string of the molecule is COc1ccc(NC(=O)N[C@@H](C(=O)N2CCc3ccccc32)c2ccccc2)cc1. The van der Waals surface area contributed by atoms with E-state index in [2.05, 4.69) is 10.6 Å². The number of benzene rings is 3. The van der Waals surface area contributed by atoms with Crippen LogP contribution in [-0.4, -0.2) is 25.6 Å². The number of fused-ring (bicyclic) bond motifs is 1. The van der Waals surface area contributed by atoms with Gasteiger partial charge in [0.1, 0.15) is 11.8 Å². The number of urea groups is 1. The quantitative estimate of drug-likeness (QED) is 0.675. The van der Waals surface area contributed by atoms with Gasteiger partial charge in [0.25, 0.3) is 5.91 Å². The van der Waals surface area contributed by atoms with Crippen molar-refractivity contribution in [2.24, 2.45) is 0 Å². The van der Waals surface area contributed by atoms with Crippen molar-refractivity contribution >= 4 is 23.3 Å². The molecule has 2 N–H and O–H groups in total. The van der Waals surface area contributed by atoms with Crippen LogP contribution in [0.4, 0.5) is 16.2 Å². The van der Waals surface area contributed by atoms with E-state index in [1.54, 1.807) is 36.3 Å². The maximum absolute atomic E-state index is 13.4. The highest BCUT2D eigenvalue weighted by atomic mass is 16.5. The molecule has 30 heavy (non-hydrogen) atoms. The van der Waals surface area contributed by atoms with Crippen molar-refractivity contribution in [3.63, 3.8) is 0 Å². The number of nitrogens with one attached hydrogen (secondary N) is 2. The van der Waals surface area contributed by atoms with Gasteiger partial charge in [-0.1, -0.05) is 48.5 Å². The maximum atomic E-state index is 13.4. The predicted molar refractivity (Wildman–Crippen MR) is 117 cm³/mol. The van der Waals surface area contributed by atoms with Crippen LogP contribution in [0.3, 0.4) is 0 Å². The second-order valence-corrected chi connectivity index (χ2v) is 7.04. The van der Waals surface area contributed by atoms with Gasteiger partial charge in [-0.05, 0) is 47.9 Å². The van der Waals surface area contributed by atoms with Gasteiger partial charge in [0.15, 0.2) is 0 Å². The van der Waals surface area contributed by atoms with E-state index < -0.39 is 12.1 Å². The largest absolute Gasteiger partial charge is 0.497 e. The molecular formula is C24H23N3O3. The van der Waals surface area contributed by atoms with Crippen LogP contribution < -0.4 is 20.3 Å². The number of anilines is 2. The van der Waals surface area contributed by atoms with Crippen molar-refractivity contribution in [3.8, 4) is 5.75 Å². The number of methoxy groups -OCH3 is 1. The first kappa shape index (κ1) is 19.5. The molecule has 3 aromatic rings. The van der Waals surface area contributed by atoms with Crippen LogP contribution in [0.1, 0.15) is 17.2 Å². The summed E-state index contributed by atoms with van der Waals surface area (Å²) in [7, 11) is 1.59. The van der Waals surface area contributed by atoms with Gasteiger partial charge in [0, 0.05) is 17.9 Å². The van der Waals surface area contributed by atoms with E-state index in [-0.39, 0.29) is 5.91 Å². The number of carbonyl (C=O) groups is 2. The first-order chi connectivity index (χ1) is 14.7. The zero-order valence-corrected chi connectivity index (χ0v) is 16.7. The van der Waals surface area contributed by atoms with Crippen LogP contribution in [0.15, 0.2) is 78.9 Å². The van der Waals surface area contributed by atoms with Crippen LogP contribution in [0.5, 0.6) is 5.75 Å². The number of para-hydroxylation sites is 1. The fraction of sp³-hybridized carbons (Fsp3) is 0.167. The molecule has 0 aliphatic carbocycles. The van der Waals surface area contributed by atoms with Gasteiger partial charge in [0.05, 0.1) is 7.11 Å². The first-order valence-corrected chi connectivity index (χ1v) is 9.81. The van der Waals surface area contributed by atoms with Crippen molar-refractivity contribution in [1.29, 1.82) is 0 Å². The minimum absolute atomic E-state index is 0.156. The van der Waals surface area contributed by atoms with Crippen molar-refractivity contribution in [2.45, 2.75) is 12.5 Å². The molecule has 1 heterocycles. The fourth-order valence-corrected chi connectivity index (χ4v) is 3.63. The summed E-state index contributed by atoms with van der Waals surface area (Å²) in [4.78, 5) is 27.9. The normalized spacial score (nSPS) is 13.3. The summed E-state index contributed by atoms with van der Waals surface area (Å²) < 4.78 is 5.14. The fourth-order valence-electron chi connectivity index (χ4n) is 3.63. The van der Waals surface area contributed by atoms with E-state index in [0.29, 0.717) is 18.0 Å². The summed E-state index contributed by atoms with van der Waals surface area (Å²) >= 11 is 0. The number of amides is 3. The minimum Gasteiger partial charge on any atom is -0.497 e. The molecule has 4 rings (SSSR count). The van der Waals surface area contributed by atoms with E-state index in [9.17, 15) is 9.59 Å². The standard InChI is InChI=1S/C24H23N3O3/c1-30-20-13-11-19(12-14-20)25-24(29)26-22(18-8-3-2-4-9-18)23(28)27-16-15-17-7-5-6-10-21(17)27/h2-14,22H,15-16H2,1H3,(H2,25,26,29)/t22-/m1/s1. The molecule has 0 spiro atoms. The van der Waals surface area contributed by atoms with Gasteiger partial charge < -0.3 is 20.3 Å². The van der Waals surface area contributed by atoms with Crippen LogP contribution >= 0.6 is 0 Å². The van der Waals surface area contributed by atoms with E-state index >= 15 is 0 Å². The van der Waals surface area contributed by atoms with Crippen LogP contribution in [0.2, 0.25) is 0 Å². The third-order valence-corrected chi connectivity index (χ3v) is 5.16. The predicted octanol–water partition coefficient (Wildman–Crippen LogP) is 4.15. The highest BCUT2D eigenvalue weighted by molar-refractivity contribution is 6.02. The lowest BCUT2D eigenvalue weighted by molar-refractivity contribution is -0.120. The molecule has 0 fully saturated rings. The van der Waals surface area contributed by atoms with Gasteiger partial charge in [-0.15, -0.1) is 0 Å². The lowest BCUT2D eigenvalue weighted by Gasteiger charge is -2.25. The highest BCUT2D eigenvalue weighted by Gasteiger charge is 2.32. The Balaban J connectivity index is 1.54. The van der Waals surface area contributed by atoms with E-state index in [0.717, 1.165) is 23.2 Å². The minimum atomic E-state index is -0.796. The average Bonchev–Trinajstić information content (AvgIpc) is 3.22. The van der Waals surface area contributed by atoms with Gasteiger partial charge in [-0.2, -0.15) is 0 Å². The Morgan fingerprint density at radius 1 is 0.933 bits per heavy atom. The van der Waals surface area contributed by atoms with Gasteiger partial charge in [0.2, 0.25) is 0 Å². The molecular weight excluding hydrogens is 378 g/mol. The molecule has 3 aromatic carbocycles. The number of hydrogen-bond acceptors (Lipinski definition) is 3. The third-order valence-electron chi connectivity index (χ3n) is 5.16. The van der Waals surface area contributed by atoms with Gasteiger partial charge in [-0.25, -0.2) is 4.79 Å². The summed E-state index contributed by atoms with van der Waals surface area (Å²) in [5.74, 6) is 0.544. The summed E-state index contributed by atoms with van der Waals surface area (Å²) in [6, 6.07) is 22.9. The lowest BCUT2D eigenvalue weighted by atomic mass is 10.1. The van der Waals surface area contributed by atoms with Crippen LogP contribution in [-0.2, 0) is 11.2 Å². The van der Waals surface area contributed by atoms with Crippen LogP contribution in [0.25, 0.3) is 0 Å². The van der Waals surface area contributed by atoms with Crippen LogP contribution in [0, 0.1) is 0 Å². The second-order valence-electron chi connectivity index (χ2n) is 7.04. The van der Waals surface area contributed by atoms with E-state index in [1.807, 2.05) is 54.6 Å². The molecule has 0 saturated carbocycles. The number of hydrogen-bond donors (Lipinski definition) is 2. The van der Waals surface area contributed by atoms with Crippen molar-refractivity contribution in [3.05, 3.63) is 90.0 Å². The number of rotatable bonds is 5. The summed E-state index contributed by atoms with van der Waals surface area (Å²) in [5.41, 5.74) is 3.39. The Labute approximate surface area is 175 Å². The van der Waals surface area contributed by atoms with E-state index in [1.165, 1.54) is 0 Å². The molecule has 152 valence electrons. The van der Waals surface area contributed by atoms with E-state index in [4.69, 9.17) is 4.74 Å². The molecule has 0 saturated heterocycles. The van der Waals surface area contributed by atoms with Gasteiger partial charge in [-0.3, -0.25) is 4.79 Å². The molecule has 0 unspecified atom stereocenters. The molecule has 6 heteroatoms. The summed E-state index contributed by atoms with van der Waals surface area (Å²) in [6.45, 7) is 0.600. The lowest BCUT2D eigenvalue weighted by Crippen LogP contribution is -2.43. The van der Waals surface area contributed by atoms with Crippen molar-refractivity contribution < 1.29 is 14.3 Å². The molecule has 1 aliphatic heterocycles. The number of ether oxygens (including phenoxy) is 1. The Hall–Kier alpha value is -3.80. The second kappa shape index (κ2) is 8.69. The molecule has 0 aromatic heterocycles. The summed E-state index contributed by atoms with van der Waals surface area (Å²) in [6.07, 6.45) is 0.807. The molecule has 1 atom stereocenters. The molecule has 3 amide bonds. The third kappa shape index (κ3) is 4.12. The maximum Gasteiger partial charge on any atom is 0.320 e. The zero-order chi connectivity index (χ0) is 20.9. The Morgan fingerprint density at radius 3 is 2.37 bits per heavy atom. The van der Waals surface area contributed by atoms with Crippen molar-refractivity contribution in [1.82, 2.24) is 5.32 Å². The first-order valence-electron chi connectivity index (χ1n) is 9.81. The molecule has 1 aliphatic rings. The Kier molecular flexibility index (Phi) is 5.66. The Bertz CT molecular complexity index is 1040. The molecule has 0 radical (unpaired) electrons. The number of carbonyl (C=O) groups excluding carboxylic acids is 2. The zero-order valence-electron chi connectivity index (χ0n) is 16.7. The average molecular weight is 401 g/mol. The van der Waals surface area contributed by atoms with Gasteiger partial charge >= 0.3 is 6.03 Å². The summed E-state index contributed by atoms with van der Waals surface area (Å²) in [5, 5.41) is 5.63. The highest BCUT2D eigenvalue weighted by Crippen LogP contribution is 2.30. The number of nitrogens with zero attached hydrogens (tertiary/aromatic N) is 1. The molecule has 6 nitrogen and oxygen atoms in total.